The zero-order valence-electron chi connectivity index (χ0n) is 17.1. The van der Waals surface area contributed by atoms with Crippen LogP contribution >= 0.6 is 11.8 Å². The molecule has 29 heavy (non-hydrogen) atoms. The second-order valence-electron chi connectivity index (χ2n) is 7.47. The first kappa shape index (κ1) is 21.3. The second kappa shape index (κ2) is 10.4. The summed E-state index contributed by atoms with van der Waals surface area (Å²) in [5.41, 5.74) is 3.21. The van der Waals surface area contributed by atoms with Crippen molar-refractivity contribution < 1.29 is 14.5 Å². The van der Waals surface area contributed by atoms with Crippen molar-refractivity contribution in [3.05, 3.63) is 59.9 Å². The summed E-state index contributed by atoms with van der Waals surface area (Å²) in [5.74, 6) is 0.319. The summed E-state index contributed by atoms with van der Waals surface area (Å²) in [6.07, 6.45) is 3.64. The minimum Gasteiger partial charge on any atom is -0.330 e. The highest BCUT2D eigenvalue weighted by Crippen LogP contribution is 2.15. The third-order valence-electron chi connectivity index (χ3n) is 5.13. The van der Waals surface area contributed by atoms with Gasteiger partial charge in [0.25, 0.3) is 0 Å². The van der Waals surface area contributed by atoms with Crippen LogP contribution in [0.15, 0.2) is 48.8 Å². The van der Waals surface area contributed by atoms with E-state index in [1.807, 2.05) is 67.5 Å². The maximum Gasteiger partial charge on any atom is 0.235 e. The van der Waals surface area contributed by atoms with Crippen molar-refractivity contribution in [3.63, 3.8) is 0 Å². The minimum absolute atomic E-state index is 0.0786. The van der Waals surface area contributed by atoms with E-state index in [1.165, 1.54) is 22.2 Å². The van der Waals surface area contributed by atoms with E-state index in [-0.39, 0.29) is 22.8 Å². The lowest BCUT2D eigenvalue weighted by Crippen LogP contribution is -3.13. The molecule has 2 N–H and O–H groups in total. The lowest BCUT2D eigenvalue weighted by molar-refractivity contribution is -0.917. The summed E-state index contributed by atoms with van der Waals surface area (Å²) >= 11 is 1.40. The van der Waals surface area contributed by atoms with Crippen LogP contribution < -0.4 is 10.2 Å². The van der Waals surface area contributed by atoms with Crippen molar-refractivity contribution in [2.75, 3.05) is 37.2 Å². The summed E-state index contributed by atoms with van der Waals surface area (Å²) in [4.78, 5) is 32.4. The molecule has 0 bridgehead atoms. The number of carbonyl (C=O) groups is 2. The summed E-state index contributed by atoms with van der Waals surface area (Å²) < 4.78 is 0. The van der Waals surface area contributed by atoms with Gasteiger partial charge in [-0.25, -0.2) is 0 Å². The van der Waals surface area contributed by atoms with E-state index in [4.69, 9.17) is 0 Å². The molecule has 2 amide bonds. The Balaban J connectivity index is 1.38. The largest absolute Gasteiger partial charge is 0.330 e. The fourth-order valence-corrected chi connectivity index (χ4v) is 4.14. The number of amides is 2. The molecular formula is C22H29N4O2S+. The third-order valence-corrected chi connectivity index (χ3v) is 6.26. The number of rotatable bonds is 7. The molecule has 1 fully saturated rings. The highest BCUT2D eigenvalue weighted by atomic mass is 32.2. The molecule has 2 aromatic rings. The molecular weight excluding hydrogens is 384 g/mol. The van der Waals surface area contributed by atoms with Gasteiger partial charge in [0.15, 0.2) is 0 Å². The predicted molar refractivity (Wildman–Crippen MR) is 117 cm³/mol. The Kier molecular flexibility index (Phi) is 7.66. The Labute approximate surface area is 176 Å². The lowest BCUT2D eigenvalue weighted by atomic mass is 10.2. The van der Waals surface area contributed by atoms with Crippen molar-refractivity contribution >= 4 is 29.3 Å². The van der Waals surface area contributed by atoms with Gasteiger partial charge in [-0.1, -0.05) is 17.7 Å². The van der Waals surface area contributed by atoms with Crippen LogP contribution in [0.1, 0.15) is 18.1 Å². The first-order valence-electron chi connectivity index (χ1n) is 10.0. The van der Waals surface area contributed by atoms with Gasteiger partial charge in [-0.05, 0) is 38.1 Å². The van der Waals surface area contributed by atoms with Crippen molar-refractivity contribution in [1.29, 1.82) is 0 Å². The molecule has 0 saturated carbocycles. The molecule has 1 aromatic carbocycles. The molecule has 6 nitrogen and oxygen atoms in total. The lowest BCUT2D eigenvalue weighted by Gasteiger charge is -2.33. The van der Waals surface area contributed by atoms with Crippen LogP contribution in [0, 0.1) is 6.92 Å². The molecule has 7 heteroatoms. The summed E-state index contributed by atoms with van der Waals surface area (Å²) in [6.45, 7) is 8.28. The normalized spacial score (nSPS) is 15.7. The Hall–Kier alpha value is -2.38. The van der Waals surface area contributed by atoms with Crippen LogP contribution in [-0.2, 0) is 16.1 Å². The number of aryl methyl sites for hydroxylation is 1. The topological polar surface area (TPSA) is 66.7 Å². The molecule has 2 heterocycles. The minimum atomic E-state index is -0.222. The van der Waals surface area contributed by atoms with Crippen LogP contribution in [-0.4, -0.2) is 58.9 Å². The first-order chi connectivity index (χ1) is 14.0. The highest BCUT2D eigenvalue weighted by Gasteiger charge is 2.27. The number of hydrogen-bond donors (Lipinski definition) is 2. The average Bonchev–Trinajstić information content (AvgIpc) is 2.74. The van der Waals surface area contributed by atoms with Gasteiger partial charge in [-0.3, -0.25) is 14.6 Å². The second-order valence-corrected chi connectivity index (χ2v) is 8.80. The van der Waals surface area contributed by atoms with Crippen molar-refractivity contribution in [1.82, 2.24) is 9.88 Å². The van der Waals surface area contributed by atoms with Crippen LogP contribution in [0.3, 0.4) is 0 Å². The number of piperazine rings is 1. The van der Waals surface area contributed by atoms with Crippen LogP contribution in [0.2, 0.25) is 0 Å². The monoisotopic (exact) mass is 413 g/mol. The number of thioether (sulfide) groups is 1. The molecule has 1 saturated heterocycles. The maximum atomic E-state index is 12.7. The van der Waals surface area contributed by atoms with E-state index in [9.17, 15) is 9.59 Å². The number of benzene rings is 1. The van der Waals surface area contributed by atoms with E-state index in [0.717, 1.165) is 44.0 Å². The molecule has 0 radical (unpaired) electrons. The van der Waals surface area contributed by atoms with E-state index < -0.39 is 0 Å². The van der Waals surface area contributed by atoms with E-state index in [0.29, 0.717) is 0 Å². The number of quaternary nitrogens is 1. The fraction of sp³-hybridized carbons (Fsp3) is 0.409. The standard InChI is InChI=1S/C22H28N4O2S/c1-17-3-5-20(6-4-17)24-21(27)16-29-18(2)22(28)26-13-11-25(12-14-26)15-19-7-9-23-10-8-19/h3-10,18H,11-16H2,1-2H3,(H,24,27)/p+1/t18-/m1/s1. The maximum absolute atomic E-state index is 12.7. The molecule has 3 rings (SSSR count). The van der Waals surface area contributed by atoms with Crippen molar-refractivity contribution in [2.24, 2.45) is 0 Å². The van der Waals surface area contributed by atoms with E-state index >= 15 is 0 Å². The molecule has 0 unspecified atom stereocenters. The zero-order valence-corrected chi connectivity index (χ0v) is 17.9. The summed E-state index contributed by atoms with van der Waals surface area (Å²) in [5, 5.41) is 2.66. The Morgan fingerprint density at radius 3 is 2.45 bits per heavy atom. The first-order valence-corrected chi connectivity index (χ1v) is 11.1. The summed E-state index contributed by atoms with van der Waals surface area (Å²) in [6, 6.07) is 11.8. The third kappa shape index (κ3) is 6.58. The number of anilines is 1. The van der Waals surface area contributed by atoms with E-state index in [1.54, 1.807) is 0 Å². The van der Waals surface area contributed by atoms with Gasteiger partial charge in [-0.15, -0.1) is 11.8 Å². The Bertz CT molecular complexity index is 805. The molecule has 1 atom stereocenters. The predicted octanol–water partition coefficient (Wildman–Crippen LogP) is 1.38. The van der Waals surface area contributed by atoms with Gasteiger partial charge in [-0.2, -0.15) is 0 Å². The van der Waals surface area contributed by atoms with E-state index in [2.05, 4.69) is 10.3 Å². The average molecular weight is 414 g/mol. The smallest absolute Gasteiger partial charge is 0.235 e. The number of carbonyl (C=O) groups excluding carboxylic acids is 2. The van der Waals surface area contributed by atoms with Gasteiger partial charge in [0.2, 0.25) is 11.8 Å². The number of nitrogens with one attached hydrogen (secondary N) is 2. The number of nitrogens with zero attached hydrogens (tertiary/aromatic N) is 2. The molecule has 0 aliphatic carbocycles. The van der Waals surface area contributed by atoms with Gasteiger partial charge in [0.05, 0.1) is 37.2 Å². The van der Waals surface area contributed by atoms with Gasteiger partial charge >= 0.3 is 0 Å². The van der Waals surface area contributed by atoms with Crippen molar-refractivity contribution in [2.45, 2.75) is 25.6 Å². The molecule has 1 aliphatic rings. The Morgan fingerprint density at radius 1 is 1.14 bits per heavy atom. The van der Waals surface area contributed by atoms with Gasteiger partial charge in [0, 0.05) is 23.6 Å². The number of aromatic nitrogens is 1. The van der Waals surface area contributed by atoms with Crippen LogP contribution in [0.4, 0.5) is 5.69 Å². The highest BCUT2D eigenvalue weighted by molar-refractivity contribution is 8.01. The fourth-order valence-electron chi connectivity index (χ4n) is 3.37. The van der Waals surface area contributed by atoms with Crippen LogP contribution in [0.25, 0.3) is 0 Å². The Morgan fingerprint density at radius 2 is 1.79 bits per heavy atom. The van der Waals surface area contributed by atoms with Crippen molar-refractivity contribution in [3.8, 4) is 0 Å². The zero-order chi connectivity index (χ0) is 20.6. The number of pyridine rings is 1. The van der Waals surface area contributed by atoms with Gasteiger partial charge < -0.3 is 15.1 Å². The summed E-state index contributed by atoms with van der Waals surface area (Å²) in [7, 11) is 0. The quantitative estimate of drug-likeness (QED) is 0.720. The molecule has 0 spiro atoms. The molecule has 1 aliphatic heterocycles. The molecule has 1 aromatic heterocycles. The SMILES string of the molecule is Cc1ccc(NC(=O)CS[C@H](C)C(=O)N2CC[NH+](Cc3ccncc3)CC2)cc1. The van der Waals surface area contributed by atoms with Gasteiger partial charge in [0.1, 0.15) is 6.54 Å². The molecule has 154 valence electrons. The number of hydrogen-bond acceptors (Lipinski definition) is 4. The van der Waals surface area contributed by atoms with Crippen LogP contribution in [0.5, 0.6) is 0 Å².